The quantitative estimate of drug-likeness (QED) is 0.254. The van der Waals surface area contributed by atoms with Crippen molar-refractivity contribution in [1.29, 1.82) is 0 Å². The number of unbranched alkanes of at least 4 members (excludes halogenated alkanes) is 5. The van der Waals surface area contributed by atoms with Crippen LogP contribution in [0.5, 0.6) is 11.5 Å². The second-order valence-electron chi connectivity index (χ2n) is 6.36. The Morgan fingerprint density at radius 1 is 1.04 bits per heavy atom. The summed E-state index contributed by atoms with van der Waals surface area (Å²) in [6, 6.07) is 6.00. The van der Waals surface area contributed by atoms with Crippen molar-refractivity contribution in [1.82, 2.24) is 4.57 Å². The van der Waals surface area contributed by atoms with Gasteiger partial charge in [-0.1, -0.05) is 45.1 Å². The third-order valence-corrected chi connectivity index (χ3v) is 4.41. The molecule has 0 amide bonds. The lowest BCUT2D eigenvalue weighted by Gasteiger charge is -2.15. The van der Waals surface area contributed by atoms with Gasteiger partial charge in [0.05, 0.1) is 19.2 Å². The molecule has 0 spiro atoms. The van der Waals surface area contributed by atoms with Gasteiger partial charge in [0.1, 0.15) is 0 Å². The maximum absolute atomic E-state index is 12.6. The SMILES string of the molecule is CCCCCCCCOc1c(OC)c2ccc(C)cc2n(C)c1=O.II. The molecule has 1 aromatic carbocycles. The highest BCUT2D eigenvalue weighted by molar-refractivity contribution is 15.0. The van der Waals surface area contributed by atoms with Gasteiger partial charge in [-0.3, -0.25) is 4.79 Å². The fourth-order valence-corrected chi connectivity index (χ4v) is 2.98. The zero-order valence-corrected chi connectivity index (χ0v) is 20.4. The zero-order chi connectivity index (χ0) is 19.5. The maximum Gasteiger partial charge on any atom is 0.297 e. The van der Waals surface area contributed by atoms with E-state index in [1.165, 1.54) is 25.7 Å². The smallest absolute Gasteiger partial charge is 0.297 e. The summed E-state index contributed by atoms with van der Waals surface area (Å²) in [5.41, 5.74) is 1.83. The molecule has 146 valence electrons. The van der Waals surface area contributed by atoms with Crippen molar-refractivity contribution in [3.05, 3.63) is 34.1 Å². The summed E-state index contributed by atoms with van der Waals surface area (Å²) in [6.45, 7) is 4.78. The minimum Gasteiger partial charge on any atom is -0.492 e. The first-order valence-electron chi connectivity index (χ1n) is 9.04. The molecule has 0 aliphatic rings. The van der Waals surface area contributed by atoms with Crippen molar-refractivity contribution < 1.29 is 9.47 Å². The minimum absolute atomic E-state index is 0.143. The molecule has 1 aromatic heterocycles. The Balaban J connectivity index is 0.00000163. The first-order valence-corrected chi connectivity index (χ1v) is 15.3. The fraction of sp³-hybridized carbons (Fsp3) is 0.550. The lowest BCUT2D eigenvalue weighted by molar-refractivity contribution is 0.280. The number of nitrogens with zero attached hydrogens (tertiary/aromatic N) is 1. The van der Waals surface area contributed by atoms with E-state index in [4.69, 9.17) is 9.47 Å². The highest BCUT2D eigenvalue weighted by Gasteiger charge is 2.17. The van der Waals surface area contributed by atoms with Gasteiger partial charge in [0.2, 0.25) is 5.75 Å². The first kappa shape index (κ1) is 23.5. The highest BCUT2D eigenvalue weighted by Crippen LogP contribution is 2.32. The van der Waals surface area contributed by atoms with Gasteiger partial charge in [-0.25, -0.2) is 0 Å². The Morgan fingerprint density at radius 3 is 2.35 bits per heavy atom. The molecule has 1 heterocycles. The number of hydrogen-bond acceptors (Lipinski definition) is 3. The molecule has 6 heteroatoms. The number of halogens is 2. The van der Waals surface area contributed by atoms with E-state index in [-0.39, 0.29) is 5.56 Å². The molecule has 0 fully saturated rings. The molecule has 0 aliphatic heterocycles. The largest absolute Gasteiger partial charge is 0.492 e. The summed E-state index contributed by atoms with van der Waals surface area (Å²) in [7, 11) is 3.37. The Bertz CT molecular complexity index is 744. The number of pyridine rings is 1. The average Bonchev–Trinajstić information content (AvgIpc) is 2.66. The van der Waals surface area contributed by atoms with Gasteiger partial charge in [-0.05, 0) is 31.0 Å². The predicted molar refractivity (Wildman–Crippen MR) is 127 cm³/mol. The molecule has 0 N–H and O–H groups in total. The number of ether oxygens (including phenoxy) is 2. The topological polar surface area (TPSA) is 40.5 Å². The second-order valence-corrected chi connectivity index (χ2v) is 6.36. The van der Waals surface area contributed by atoms with Crippen molar-refractivity contribution in [2.24, 2.45) is 7.05 Å². The molecular weight excluding hydrogens is 556 g/mol. The van der Waals surface area contributed by atoms with Crippen LogP contribution < -0.4 is 15.0 Å². The molecule has 0 radical (unpaired) electrons. The van der Waals surface area contributed by atoms with Gasteiger partial charge in [0.15, 0.2) is 5.75 Å². The van der Waals surface area contributed by atoms with E-state index in [2.05, 4.69) is 44.2 Å². The molecular formula is C20H29I2NO3. The van der Waals surface area contributed by atoms with Gasteiger partial charge in [0, 0.05) is 49.7 Å². The van der Waals surface area contributed by atoms with Crippen LogP contribution in [-0.2, 0) is 7.05 Å². The number of aromatic nitrogens is 1. The molecule has 26 heavy (non-hydrogen) atoms. The van der Waals surface area contributed by atoms with Crippen LogP contribution in [0.3, 0.4) is 0 Å². The highest BCUT2D eigenvalue weighted by atomic mass is 128. The molecule has 0 saturated carbocycles. The lowest BCUT2D eigenvalue weighted by Crippen LogP contribution is -2.21. The van der Waals surface area contributed by atoms with E-state index < -0.39 is 0 Å². The summed E-state index contributed by atoms with van der Waals surface area (Å²) in [6.07, 6.45) is 7.14. The first-order chi connectivity index (χ1) is 12.6. The van der Waals surface area contributed by atoms with Crippen molar-refractivity contribution in [2.75, 3.05) is 13.7 Å². The summed E-state index contributed by atoms with van der Waals surface area (Å²) in [4.78, 5) is 12.6. The normalized spacial score (nSPS) is 10.4. The molecule has 0 aliphatic carbocycles. The fourth-order valence-electron chi connectivity index (χ4n) is 2.98. The predicted octanol–water partition coefficient (Wildman–Crippen LogP) is 6.37. The average molecular weight is 585 g/mol. The van der Waals surface area contributed by atoms with Crippen LogP contribution >= 0.6 is 37.2 Å². The summed E-state index contributed by atoms with van der Waals surface area (Å²) in [5.74, 6) is 0.865. The third kappa shape index (κ3) is 6.28. The molecule has 0 saturated heterocycles. The number of aryl methyl sites for hydroxylation is 2. The molecule has 4 nitrogen and oxygen atoms in total. The van der Waals surface area contributed by atoms with Gasteiger partial charge in [0.25, 0.3) is 5.56 Å². The van der Waals surface area contributed by atoms with Crippen LogP contribution in [0.15, 0.2) is 23.0 Å². The number of benzene rings is 1. The molecule has 2 rings (SSSR count). The number of rotatable bonds is 9. The van der Waals surface area contributed by atoms with Gasteiger partial charge >= 0.3 is 0 Å². The summed E-state index contributed by atoms with van der Waals surface area (Å²) >= 11 is 4.24. The third-order valence-electron chi connectivity index (χ3n) is 4.41. The van der Waals surface area contributed by atoms with E-state index in [9.17, 15) is 4.79 Å². The van der Waals surface area contributed by atoms with Crippen molar-refractivity contribution in [2.45, 2.75) is 52.4 Å². The van der Waals surface area contributed by atoms with Gasteiger partial charge < -0.3 is 14.0 Å². The van der Waals surface area contributed by atoms with Gasteiger partial charge in [-0.2, -0.15) is 0 Å². The zero-order valence-electron chi connectivity index (χ0n) is 16.1. The molecule has 0 atom stereocenters. The number of fused-ring (bicyclic) bond motifs is 1. The monoisotopic (exact) mass is 585 g/mol. The van der Waals surface area contributed by atoms with Crippen LogP contribution in [0.25, 0.3) is 10.9 Å². The molecule has 0 unspecified atom stereocenters. The summed E-state index contributed by atoms with van der Waals surface area (Å²) < 4.78 is 13.0. The molecule has 0 bridgehead atoms. The summed E-state index contributed by atoms with van der Waals surface area (Å²) in [5, 5.41) is 0.906. The van der Waals surface area contributed by atoms with Crippen LogP contribution in [-0.4, -0.2) is 18.3 Å². The lowest BCUT2D eigenvalue weighted by atomic mass is 10.1. The van der Waals surface area contributed by atoms with Crippen LogP contribution in [0, 0.1) is 6.92 Å². The number of methoxy groups -OCH3 is 1. The number of hydrogen-bond donors (Lipinski definition) is 0. The van der Waals surface area contributed by atoms with Crippen molar-refractivity contribution in [3.8, 4) is 11.5 Å². The van der Waals surface area contributed by atoms with Gasteiger partial charge in [-0.15, -0.1) is 0 Å². The Kier molecular flexibility index (Phi) is 11.6. The molecule has 2 aromatic rings. The van der Waals surface area contributed by atoms with E-state index in [0.717, 1.165) is 29.3 Å². The van der Waals surface area contributed by atoms with E-state index in [1.807, 2.05) is 25.1 Å². The van der Waals surface area contributed by atoms with Crippen molar-refractivity contribution >= 4 is 48.1 Å². The minimum atomic E-state index is -0.143. The van der Waals surface area contributed by atoms with E-state index >= 15 is 0 Å². The maximum atomic E-state index is 12.6. The Hall–Kier alpha value is -0.510. The van der Waals surface area contributed by atoms with Crippen LogP contribution in [0.1, 0.15) is 51.0 Å². The standard InChI is InChI=1S/C20H29NO3.I2/c1-5-6-7-8-9-10-13-24-19-18(23-4)16-12-11-15(2)14-17(16)21(3)20(19)22;1-2/h11-12,14H,5-10,13H2,1-4H3;. The van der Waals surface area contributed by atoms with Crippen molar-refractivity contribution in [3.63, 3.8) is 0 Å². The Labute approximate surface area is 180 Å². The Morgan fingerprint density at radius 2 is 1.69 bits per heavy atom. The van der Waals surface area contributed by atoms with E-state index in [0.29, 0.717) is 18.1 Å². The van der Waals surface area contributed by atoms with Crippen LogP contribution in [0.2, 0.25) is 0 Å². The second kappa shape index (κ2) is 12.8. The van der Waals surface area contributed by atoms with Crippen LogP contribution in [0.4, 0.5) is 0 Å². The van der Waals surface area contributed by atoms with E-state index in [1.54, 1.807) is 18.7 Å².